The van der Waals surface area contributed by atoms with Gasteiger partial charge in [0.1, 0.15) is 4.87 Å². The van der Waals surface area contributed by atoms with E-state index in [1.54, 1.807) is 12.1 Å². The summed E-state index contributed by atoms with van der Waals surface area (Å²) in [7, 11) is 0. The van der Waals surface area contributed by atoms with E-state index in [2.05, 4.69) is 0 Å². The quantitative estimate of drug-likeness (QED) is 0.635. The van der Waals surface area contributed by atoms with Gasteiger partial charge in [0, 0.05) is 10.0 Å². The van der Waals surface area contributed by atoms with Crippen molar-refractivity contribution in [2.45, 2.75) is 4.87 Å². The van der Waals surface area contributed by atoms with Crippen LogP contribution in [0.15, 0.2) is 48.5 Å². The SMILES string of the molecule is ClCC(Cl)(c1ccccc1Cl)c1ccccc1Cl. The largest absolute Gasteiger partial charge is 0.124 e. The lowest BCUT2D eigenvalue weighted by Crippen LogP contribution is -2.23. The van der Waals surface area contributed by atoms with Gasteiger partial charge in [-0.3, -0.25) is 0 Å². The zero-order valence-electron chi connectivity index (χ0n) is 9.34. The molecule has 2 aromatic rings. The molecule has 0 spiro atoms. The van der Waals surface area contributed by atoms with Gasteiger partial charge < -0.3 is 0 Å². The van der Waals surface area contributed by atoms with Crippen LogP contribution in [-0.2, 0) is 4.87 Å². The first-order valence-corrected chi connectivity index (χ1v) is 7.01. The van der Waals surface area contributed by atoms with Gasteiger partial charge in [-0.05, 0) is 23.3 Å². The Balaban J connectivity index is 2.63. The predicted octanol–water partition coefficient (Wildman–Crippen LogP) is 5.71. The van der Waals surface area contributed by atoms with E-state index in [0.717, 1.165) is 11.1 Å². The van der Waals surface area contributed by atoms with Gasteiger partial charge in [-0.2, -0.15) is 0 Å². The number of benzene rings is 2. The second kappa shape index (κ2) is 5.71. The van der Waals surface area contributed by atoms with Crippen LogP contribution in [0, 0.1) is 0 Å². The van der Waals surface area contributed by atoms with Gasteiger partial charge >= 0.3 is 0 Å². The normalized spacial score (nSPS) is 11.6. The fourth-order valence-electron chi connectivity index (χ4n) is 1.85. The Morgan fingerprint density at radius 2 is 1.17 bits per heavy atom. The van der Waals surface area contributed by atoms with E-state index in [1.165, 1.54) is 0 Å². The fourth-order valence-corrected chi connectivity index (χ4v) is 3.16. The third-order valence-corrected chi connectivity index (χ3v) is 4.52. The molecular formula is C14H10Cl4. The molecule has 0 aliphatic heterocycles. The molecular weight excluding hydrogens is 310 g/mol. The highest BCUT2D eigenvalue weighted by Crippen LogP contribution is 2.43. The summed E-state index contributed by atoms with van der Waals surface area (Å²) in [4.78, 5) is -0.918. The summed E-state index contributed by atoms with van der Waals surface area (Å²) in [5, 5.41) is 1.15. The monoisotopic (exact) mass is 318 g/mol. The highest BCUT2D eigenvalue weighted by Gasteiger charge is 2.34. The summed E-state index contributed by atoms with van der Waals surface area (Å²) in [6.45, 7) is 0. The van der Waals surface area contributed by atoms with Crippen molar-refractivity contribution in [1.29, 1.82) is 0 Å². The van der Waals surface area contributed by atoms with Gasteiger partial charge in [-0.1, -0.05) is 59.6 Å². The van der Waals surface area contributed by atoms with Gasteiger partial charge in [0.2, 0.25) is 0 Å². The van der Waals surface area contributed by atoms with E-state index in [9.17, 15) is 0 Å². The molecule has 4 heteroatoms. The van der Waals surface area contributed by atoms with Crippen LogP contribution in [0.4, 0.5) is 0 Å². The summed E-state index contributed by atoms with van der Waals surface area (Å²) in [6.07, 6.45) is 0. The average Bonchev–Trinajstić information content (AvgIpc) is 2.39. The van der Waals surface area contributed by atoms with E-state index < -0.39 is 4.87 Å². The van der Waals surface area contributed by atoms with Crippen molar-refractivity contribution >= 4 is 46.4 Å². The third-order valence-electron chi connectivity index (χ3n) is 2.79. The first-order valence-electron chi connectivity index (χ1n) is 5.34. The average molecular weight is 320 g/mol. The van der Waals surface area contributed by atoms with E-state index in [1.807, 2.05) is 36.4 Å². The lowest BCUT2D eigenvalue weighted by atomic mass is 9.92. The summed E-state index contributed by atoms with van der Waals surface area (Å²) in [5.41, 5.74) is 1.52. The van der Waals surface area contributed by atoms with Crippen LogP contribution < -0.4 is 0 Å². The van der Waals surface area contributed by atoms with E-state index in [-0.39, 0.29) is 5.88 Å². The highest BCUT2D eigenvalue weighted by molar-refractivity contribution is 6.38. The van der Waals surface area contributed by atoms with Gasteiger partial charge in [0.25, 0.3) is 0 Å². The van der Waals surface area contributed by atoms with Crippen LogP contribution in [0.25, 0.3) is 0 Å². The Hall–Kier alpha value is -0.400. The molecule has 0 aliphatic rings. The van der Waals surface area contributed by atoms with E-state index in [0.29, 0.717) is 10.0 Å². The van der Waals surface area contributed by atoms with Crippen LogP contribution >= 0.6 is 46.4 Å². The van der Waals surface area contributed by atoms with Crippen LogP contribution in [-0.4, -0.2) is 5.88 Å². The number of hydrogen-bond donors (Lipinski definition) is 0. The molecule has 18 heavy (non-hydrogen) atoms. The molecule has 0 saturated carbocycles. The molecule has 2 rings (SSSR count). The van der Waals surface area contributed by atoms with Crippen molar-refractivity contribution in [3.8, 4) is 0 Å². The number of hydrogen-bond acceptors (Lipinski definition) is 0. The van der Waals surface area contributed by atoms with Crippen LogP contribution in [0.1, 0.15) is 11.1 Å². The van der Waals surface area contributed by atoms with Crippen LogP contribution in [0.2, 0.25) is 10.0 Å². The van der Waals surface area contributed by atoms with Crippen LogP contribution in [0.5, 0.6) is 0 Å². The fraction of sp³-hybridized carbons (Fsp3) is 0.143. The Kier molecular flexibility index (Phi) is 4.45. The van der Waals surface area contributed by atoms with Gasteiger partial charge in [-0.15, -0.1) is 23.2 Å². The van der Waals surface area contributed by atoms with E-state index in [4.69, 9.17) is 46.4 Å². The number of alkyl halides is 2. The number of halogens is 4. The van der Waals surface area contributed by atoms with Crippen molar-refractivity contribution in [1.82, 2.24) is 0 Å². The standard InChI is InChI=1S/C14H10Cl4/c15-9-14(18,10-5-1-3-7-12(10)16)11-6-2-4-8-13(11)17/h1-8H,9H2. The second-order valence-corrected chi connectivity index (χ2v) is 5.62. The Labute approximate surface area is 126 Å². The second-order valence-electron chi connectivity index (χ2n) is 3.89. The zero-order chi connectivity index (χ0) is 13.2. The maximum absolute atomic E-state index is 6.68. The molecule has 0 N–H and O–H groups in total. The maximum atomic E-state index is 6.68. The van der Waals surface area contributed by atoms with Crippen molar-refractivity contribution < 1.29 is 0 Å². The zero-order valence-corrected chi connectivity index (χ0v) is 12.4. The minimum absolute atomic E-state index is 0.183. The van der Waals surface area contributed by atoms with E-state index >= 15 is 0 Å². The van der Waals surface area contributed by atoms with Gasteiger partial charge in [0.15, 0.2) is 0 Å². The third kappa shape index (κ3) is 2.48. The summed E-state index contributed by atoms with van der Waals surface area (Å²) >= 11 is 25.2. The van der Waals surface area contributed by atoms with Crippen LogP contribution in [0.3, 0.4) is 0 Å². The molecule has 0 atom stereocenters. The molecule has 2 aromatic carbocycles. The molecule has 0 radical (unpaired) electrons. The highest BCUT2D eigenvalue weighted by atomic mass is 35.5. The summed E-state index contributed by atoms with van der Waals surface area (Å²) in [5.74, 6) is 0.183. The molecule has 0 nitrogen and oxygen atoms in total. The first-order chi connectivity index (χ1) is 8.59. The molecule has 0 aromatic heterocycles. The Bertz CT molecular complexity index is 505. The molecule has 0 aliphatic carbocycles. The minimum Gasteiger partial charge on any atom is -0.124 e. The lowest BCUT2D eigenvalue weighted by Gasteiger charge is -2.27. The molecule has 0 heterocycles. The van der Waals surface area contributed by atoms with Crippen molar-refractivity contribution in [2.75, 3.05) is 5.88 Å². The lowest BCUT2D eigenvalue weighted by molar-refractivity contribution is 0.832. The van der Waals surface area contributed by atoms with Crippen molar-refractivity contribution in [3.63, 3.8) is 0 Å². The van der Waals surface area contributed by atoms with Crippen molar-refractivity contribution in [2.24, 2.45) is 0 Å². The van der Waals surface area contributed by atoms with Crippen molar-refractivity contribution in [3.05, 3.63) is 69.7 Å². The maximum Gasteiger partial charge on any atom is 0.111 e. The smallest absolute Gasteiger partial charge is 0.111 e. The van der Waals surface area contributed by atoms with Gasteiger partial charge in [-0.25, -0.2) is 0 Å². The molecule has 94 valence electrons. The topological polar surface area (TPSA) is 0 Å². The Morgan fingerprint density at radius 1 is 0.778 bits per heavy atom. The minimum atomic E-state index is -0.918. The Morgan fingerprint density at radius 3 is 1.50 bits per heavy atom. The molecule has 0 bridgehead atoms. The number of rotatable bonds is 3. The molecule has 0 unspecified atom stereocenters. The molecule has 0 saturated heterocycles. The molecule has 0 fully saturated rings. The summed E-state index contributed by atoms with van der Waals surface area (Å²) < 4.78 is 0. The first kappa shape index (κ1) is 14.0. The predicted molar refractivity (Wildman–Crippen MR) is 80.3 cm³/mol. The molecule has 0 amide bonds. The van der Waals surface area contributed by atoms with Gasteiger partial charge in [0.05, 0.1) is 5.88 Å². The summed E-state index contributed by atoms with van der Waals surface area (Å²) in [6, 6.07) is 14.8.